The zero-order valence-electron chi connectivity index (χ0n) is 10.5. The Morgan fingerprint density at radius 1 is 1.17 bits per heavy atom. The standard InChI is InChI=1S/C15H17N3/c1-2-11-8-12(17-9-11)10-18-15-5-3-4-14-13(15)6-7-16-14/h3-9,16-18H,2,10H2,1H3. The summed E-state index contributed by atoms with van der Waals surface area (Å²) in [6.07, 6.45) is 5.12. The SMILES string of the molecule is CCc1c[nH]c(CNc2cccc3[nH]ccc23)c1. The summed E-state index contributed by atoms with van der Waals surface area (Å²) in [5.41, 5.74) is 4.91. The van der Waals surface area contributed by atoms with E-state index in [1.54, 1.807) is 0 Å². The molecule has 0 atom stereocenters. The first-order valence-electron chi connectivity index (χ1n) is 6.33. The van der Waals surface area contributed by atoms with Crippen molar-refractivity contribution in [2.45, 2.75) is 19.9 Å². The third-order valence-electron chi connectivity index (χ3n) is 3.28. The van der Waals surface area contributed by atoms with E-state index >= 15 is 0 Å². The van der Waals surface area contributed by atoms with Gasteiger partial charge in [-0.05, 0) is 36.2 Å². The van der Waals surface area contributed by atoms with Gasteiger partial charge in [-0.3, -0.25) is 0 Å². The van der Waals surface area contributed by atoms with Gasteiger partial charge in [0, 0.05) is 34.7 Å². The first kappa shape index (κ1) is 11.0. The van der Waals surface area contributed by atoms with Crippen molar-refractivity contribution in [3.63, 3.8) is 0 Å². The second-order valence-corrected chi connectivity index (χ2v) is 4.48. The number of aromatic amines is 2. The van der Waals surface area contributed by atoms with Gasteiger partial charge in [0.1, 0.15) is 0 Å². The van der Waals surface area contributed by atoms with Gasteiger partial charge < -0.3 is 15.3 Å². The van der Waals surface area contributed by atoms with E-state index in [2.05, 4.69) is 58.7 Å². The lowest BCUT2D eigenvalue weighted by atomic mass is 10.2. The smallest absolute Gasteiger partial charge is 0.0551 e. The van der Waals surface area contributed by atoms with Gasteiger partial charge >= 0.3 is 0 Å². The van der Waals surface area contributed by atoms with Gasteiger partial charge in [-0.1, -0.05) is 13.0 Å². The lowest BCUT2D eigenvalue weighted by molar-refractivity contribution is 1.08. The Balaban J connectivity index is 1.78. The second-order valence-electron chi connectivity index (χ2n) is 4.48. The second kappa shape index (κ2) is 4.61. The normalized spacial score (nSPS) is 10.9. The molecule has 92 valence electrons. The largest absolute Gasteiger partial charge is 0.379 e. The minimum absolute atomic E-state index is 0.824. The molecule has 18 heavy (non-hydrogen) atoms. The summed E-state index contributed by atoms with van der Waals surface area (Å²) in [6, 6.07) is 10.6. The number of H-pyrrole nitrogens is 2. The summed E-state index contributed by atoms with van der Waals surface area (Å²) < 4.78 is 0. The molecule has 0 aliphatic rings. The molecule has 0 aliphatic carbocycles. The fourth-order valence-corrected chi connectivity index (χ4v) is 2.23. The minimum atomic E-state index is 0.824. The van der Waals surface area contributed by atoms with Crippen molar-refractivity contribution in [1.82, 2.24) is 9.97 Å². The first-order chi connectivity index (χ1) is 8.86. The summed E-state index contributed by atoms with van der Waals surface area (Å²) in [7, 11) is 0. The van der Waals surface area contributed by atoms with Gasteiger partial charge in [0.2, 0.25) is 0 Å². The molecule has 0 aliphatic heterocycles. The summed E-state index contributed by atoms with van der Waals surface area (Å²) in [5, 5.41) is 4.71. The molecule has 3 heteroatoms. The number of aryl methyl sites for hydroxylation is 1. The lowest BCUT2D eigenvalue weighted by Crippen LogP contribution is -1.99. The molecule has 2 aromatic heterocycles. The Labute approximate surface area is 106 Å². The average Bonchev–Trinajstić information content (AvgIpc) is 3.05. The molecule has 1 aromatic carbocycles. The van der Waals surface area contributed by atoms with E-state index < -0.39 is 0 Å². The zero-order chi connectivity index (χ0) is 12.4. The van der Waals surface area contributed by atoms with E-state index in [-0.39, 0.29) is 0 Å². The van der Waals surface area contributed by atoms with Crippen LogP contribution in [0.15, 0.2) is 42.7 Å². The van der Waals surface area contributed by atoms with Gasteiger partial charge in [-0.15, -0.1) is 0 Å². The van der Waals surface area contributed by atoms with Gasteiger partial charge in [0.05, 0.1) is 6.54 Å². The molecule has 0 radical (unpaired) electrons. The molecule has 0 spiro atoms. The van der Waals surface area contributed by atoms with Crippen molar-refractivity contribution in [1.29, 1.82) is 0 Å². The third kappa shape index (κ3) is 1.99. The predicted molar refractivity (Wildman–Crippen MR) is 75.8 cm³/mol. The van der Waals surface area contributed by atoms with Crippen LogP contribution in [0.25, 0.3) is 10.9 Å². The molecular weight excluding hydrogens is 222 g/mol. The van der Waals surface area contributed by atoms with Crippen LogP contribution in [0.1, 0.15) is 18.2 Å². The quantitative estimate of drug-likeness (QED) is 0.639. The number of hydrogen-bond acceptors (Lipinski definition) is 1. The van der Waals surface area contributed by atoms with Crippen molar-refractivity contribution in [2.75, 3.05) is 5.32 Å². The first-order valence-corrected chi connectivity index (χ1v) is 6.33. The topological polar surface area (TPSA) is 43.6 Å². The average molecular weight is 239 g/mol. The van der Waals surface area contributed by atoms with Crippen LogP contribution >= 0.6 is 0 Å². The van der Waals surface area contributed by atoms with E-state index in [9.17, 15) is 0 Å². The van der Waals surface area contributed by atoms with E-state index in [0.717, 1.165) is 13.0 Å². The van der Waals surface area contributed by atoms with Crippen LogP contribution in [0.3, 0.4) is 0 Å². The summed E-state index contributed by atoms with van der Waals surface area (Å²) >= 11 is 0. The number of anilines is 1. The van der Waals surface area contributed by atoms with Gasteiger partial charge in [-0.25, -0.2) is 0 Å². The number of hydrogen-bond donors (Lipinski definition) is 3. The lowest BCUT2D eigenvalue weighted by Gasteiger charge is -2.06. The van der Waals surface area contributed by atoms with E-state index in [0.29, 0.717) is 0 Å². The molecule has 0 saturated heterocycles. The van der Waals surface area contributed by atoms with Gasteiger partial charge in [0.15, 0.2) is 0 Å². The maximum absolute atomic E-state index is 3.48. The van der Waals surface area contributed by atoms with Crippen molar-refractivity contribution in [2.24, 2.45) is 0 Å². The molecule has 0 unspecified atom stereocenters. The molecule has 0 fully saturated rings. The van der Waals surface area contributed by atoms with Crippen LogP contribution in [0.2, 0.25) is 0 Å². The Morgan fingerprint density at radius 2 is 2.11 bits per heavy atom. The van der Waals surface area contributed by atoms with Crippen molar-refractivity contribution in [3.8, 4) is 0 Å². The van der Waals surface area contributed by atoms with Crippen molar-refractivity contribution < 1.29 is 0 Å². The molecule has 3 N–H and O–H groups in total. The Bertz CT molecular complexity index is 648. The zero-order valence-corrected chi connectivity index (χ0v) is 10.5. The number of nitrogens with one attached hydrogen (secondary N) is 3. The molecule has 3 aromatic rings. The van der Waals surface area contributed by atoms with Crippen LogP contribution in [-0.2, 0) is 13.0 Å². The molecular formula is C15H17N3. The fraction of sp³-hybridized carbons (Fsp3) is 0.200. The van der Waals surface area contributed by atoms with Crippen LogP contribution in [0.5, 0.6) is 0 Å². The summed E-state index contributed by atoms with van der Waals surface area (Å²) in [5.74, 6) is 0. The highest BCUT2D eigenvalue weighted by Gasteiger charge is 2.02. The van der Waals surface area contributed by atoms with E-state index in [1.807, 2.05) is 6.20 Å². The molecule has 0 saturated carbocycles. The molecule has 0 bridgehead atoms. The highest BCUT2D eigenvalue weighted by molar-refractivity contribution is 5.91. The molecule has 3 rings (SSSR count). The molecule has 0 amide bonds. The van der Waals surface area contributed by atoms with Crippen LogP contribution in [0.4, 0.5) is 5.69 Å². The van der Waals surface area contributed by atoms with Crippen LogP contribution in [0, 0.1) is 0 Å². The van der Waals surface area contributed by atoms with Crippen molar-refractivity contribution in [3.05, 3.63) is 54.0 Å². The number of aromatic nitrogens is 2. The molecule has 3 nitrogen and oxygen atoms in total. The highest BCUT2D eigenvalue weighted by atomic mass is 14.9. The summed E-state index contributed by atoms with van der Waals surface area (Å²) in [6.45, 7) is 2.99. The van der Waals surface area contributed by atoms with Crippen LogP contribution in [-0.4, -0.2) is 9.97 Å². The fourth-order valence-electron chi connectivity index (χ4n) is 2.23. The predicted octanol–water partition coefficient (Wildman–Crippen LogP) is 3.67. The van der Waals surface area contributed by atoms with E-state index in [4.69, 9.17) is 0 Å². The highest BCUT2D eigenvalue weighted by Crippen LogP contribution is 2.22. The monoisotopic (exact) mass is 239 g/mol. The molecule has 2 heterocycles. The number of rotatable bonds is 4. The maximum Gasteiger partial charge on any atom is 0.0551 e. The Morgan fingerprint density at radius 3 is 2.94 bits per heavy atom. The number of fused-ring (bicyclic) bond motifs is 1. The number of benzene rings is 1. The van der Waals surface area contributed by atoms with Crippen molar-refractivity contribution >= 4 is 16.6 Å². The minimum Gasteiger partial charge on any atom is -0.379 e. The van der Waals surface area contributed by atoms with E-state index in [1.165, 1.54) is 27.8 Å². The Hall–Kier alpha value is -2.16. The summed E-state index contributed by atoms with van der Waals surface area (Å²) in [4.78, 5) is 6.52. The third-order valence-corrected chi connectivity index (χ3v) is 3.28. The maximum atomic E-state index is 3.48. The van der Waals surface area contributed by atoms with Crippen LogP contribution < -0.4 is 5.32 Å². The van der Waals surface area contributed by atoms with Gasteiger partial charge in [0.25, 0.3) is 0 Å². The van der Waals surface area contributed by atoms with Gasteiger partial charge in [-0.2, -0.15) is 0 Å². The Kier molecular flexibility index (Phi) is 2.81.